The maximum atomic E-state index is 12.1. The van der Waals surface area contributed by atoms with Crippen LogP contribution in [0.3, 0.4) is 0 Å². The van der Waals surface area contributed by atoms with Crippen LogP contribution in [0.2, 0.25) is 0 Å². The van der Waals surface area contributed by atoms with Gasteiger partial charge >= 0.3 is 0 Å². The lowest BCUT2D eigenvalue weighted by atomic mass is 10.2. The van der Waals surface area contributed by atoms with E-state index in [-0.39, 0.29) is 12.3 Å². The van der Waals surface area contributed by atoms with Gasteiger partial charge in [0.05, 0.1) is 19.8 Å². The van der Waals surface area contributed by atoms with Crippen LogP contribution in [0.4, 0.5) is 5.82 Å². The van der Waals surface area contributed by atoms with E-state index in [4.69, 9.17) is 0 Å². The molecule has 0 saturated heterocycles. The second-order valence-corrected chi connectivity index (χ2v) is 9.40. The molecular weight excluding hydrogens is 412 g/mol. The number of thiophene rings is 1. The Labute approximate surface area is 152 Å². The molecule has 0 amide bonds. The highest BCUT2D eigenvalue weighted by atomic mass is 79.9. The van der Waals surface area contributed by atoms with E-state index in [2.05, 4.69) is 35.9 Å². The average molecular weight is 427 g/mol. The van der Waals surface area contributed by atoms with Gasteiger partial charge in [-0.15, -0.1) is 11.3 Å². The van der Waals surface area contributed by atoms with Gasteiger partial charge in [0, 0.05) is 13.1 Å². The number of benzene rings is 1. The first-order valence-electron chi connectivity index (χ1n) is 7.19. The van der Waals surface area contributed by atoms with Crippen LogP contribution in [-0.2, 0) is 16.6 Å². The zero-order chi connectivity index (χ0) is 17.0. The maximum Gasteiger partial charge on any atom is 0.213 e. The van der Waals surface area contributed by atoms with Gasteiger partial charge in [0.15, 0.2) is 0 Å². The molecule has 2 heterocycles. The molecule has 2 N–H and O–H groups in total. The van der Waals surface area contributed by atoms with Crippen molar-refractivity contribution in [3.05, 3.63) is 52.1 Å². The van der Waals surface area contributed by atoms with E-state index < -0.39 is 10.0 Å². The van der Waals surface area contributed by atoms with Gasteiger partial charge in [-0.2, -0.15) is 0 Å². The number of halogens is 1. The smallest absolute Gasteiger partial charge is 0.213 e. The molecule has 6 nitrogen and oxygen atoms in total. The second-order valence-electron chi connectivity index (χ2n) is 5.04. The van der Waals surface area contributed by atoms with Crippen LogP contribution in [0.15, 0.2) is 46.5 Å². The summed E-state index contributed by atoms with van der Waals surface area (Å²) in [6.45, 7) is 0.560. The Hall–Kier alpha value is -1.55. The summed E-state index contributed by atoms with van der Waals surface area (Å²) >= 11 is 4.93. The highest BCUT2D eigenvalue weighted by Crippen LogP contribution is 2.32. The monoisotopic (exact) mass is 426 g/mol. The van der Waals surface area contributed by atoms with Crippen LogP contribution in [0.25, 0.3) is 10.2 Å². The molecule has 0 spiro atoms. The summed E-state index contributed by atoms with van der Waals surface area (Å²) in [5.74, 6) is 0.617. The zero-order valence-electron chi connectivity index (χ0n) is 12.6. The summed E-state index contributed by atoms with van der Waals surface area (Å²) in [6, 6.07) is 11.3. The summed E-state index contributed by atoms with van der Waals surface area (Å²) in [5, 5.41) is 3.07. The van der Waals surface area contributed by atoms with Crippen molar-refractivity contribution in [3.63, 3.8) is 0 Å². The number of hydrogen-bond donors (Lipinski definition) is 2. The third-order valence-corrected chi connectivity index (χ3v) is 6.24. The molecule has 24 heavy (non-hydrogen) atoms. The fourth-order valence-corrected chi connectivity index (χ4v) is 4.52. The molecule has 126 valence electrons. The van der Waals surface area contributed by atoms with E-state index in [1.807, 2.05) is 36.4 Å². The van der Waals surface area contributed by atoms with E-state index in [1.165, 1.54) is 17.7 Å². The third-order valence-electron chi connectivity index (χ3n) is 3.28. The van der Waals surface area contributed by atoms with Crippen LogP contribution in [0.1, 0.15) is 5.56 Å². The Morgan fingerprint density at radius 3 is 2.75 bits per heavy atom. The number of anilines is 1. The van der Waals surface area contributed by atoms with E-state index >= 15 is 0 Å². The summed E-state index contributed by atoms with van der Waals surface area (Å²) in [5.41, 5.74) is 1.75. The number of nitrogens with one attached hydrogen (secondary N) is 2. The lowest BCUT2D eigenvalue weighted by Gasteiger charge is -2.08. The van der Waals surface area contributed by atoms with Crippen molar-refractivity contribution < 1.29 is 8.42 Å². The van der Waals surface area contributed by atoms with Crippen molar-refractivity contribution >= 4 is 53.3 Å². The Balaban J connectivity index is 1.56. The Kier molecular flexibility index (Phi) is 5.44. The number of rotatable bonds is 7. The van der Waals surface area contributed by atoms with Gasteiger partial charge < -0.3 is 5.32 Å². The molecule has 1 aromatic carbocycles. The number of sulfonamides is 1. The zero-order valence-corrected chi connectivity index (χ0v) is 15.8. The molecule has 2 aromatic heterocycles. The topological polar surface area (TPSA) is 84.0 Å². The average Bonchev–Trinajstić information content (AvgIpc) is 2.95. The van der Waals surface area contributed by atoms with Crippen molar-refractivity contribution in [2.24, 2.45) is 0 Å². The normalized spacial score (nSPS) is 11.7. The number of fused-ring (bicyclic) bond motifs is 1. The fraction of sp³-hybridized carbons (Fsp3) is 0.200. The predicted molar refractivity (Wildman–Crippen MR) is 101 cm³/mol. The molecule has 0 aliphatic heterocycles. The number of hydrogen-bond acceptors (Lipinski definition) is 6. The SMILES string of the molecule is O=S(=O)(CCNc1ncnc2cc(Br)sc12)NCc1ccccc1. The van der Waals surface area contributed by atoms with Crippen LogP contribution in [0, 0.1) is 0 Å². The Bertz CT molecular complexity index is 929. The van der Waals surface area contributed by atoms with Crippen LogP contribution < -0.4 is 10.0 Å². The fourth-order valence-electron chi connectivity index (χ4n) is 2.12. The first-order chi connectivity index (χ1) is 11.5. The van der Waals surface area contributed by atoms with E-state index in [9.17, 15) is 8.42 Å². The van der Waals surface area contributed by atoms with Crippen LogP contribution in [0.5, 0.6) is 0 Å². The summed E-state index contributed by atoms with van der Waals surface area (Å²) in [4.78, 5) is 8.37. The molecule has 9 heteroatoms. The van der Waals surface area contributed by atoms with Crippen LogP contribution in [-0.4, -0.2) is 30.7 Å². The highest BCUT2D eigenvalue weighted by Gasteiger charge is 2.12. The van der Waals surface area contributed by atoms with Gasteiger partial charge in [0.2, 0.25) is 10.0 Å². The molecule has 0 unspecified atom stereocenters. The van der Waals surface area contributed by atoms with E-state index in [0.29, 0.717) is 12.4 Å². The molecule has 0 saturated carbocycles. The number of aromatic nitrogens is 2. The molecular formula is C15H15BrN4O2S2. The molecule has 0 atom stereocenters. The summed E-state index contributed by atoms with van der Waals surface area (Å²) in [6.07, 6.45) is 1.46. The first-order valence-corrected chi connectivity index (χ1v) is 10.4. The van der Waals surface area contributed by atoms with Crippen molar-refractivity contribution in [2.75, 3.05) is 17.6 Å². The second kappa shape index (κ2) is 7.56. The van der Waals surface area contributed by atoms with Gasteiger partial charge in [-0.1, -0.05) is 30.3 Å². The van der Waals surface area contributed by atoms with Crippen molar-refractivity contribution in [1.82, 2.24) is 14.7 Å². The summed E-state index contributed by atoms with van der Waals surface area (Å²) < 4.78 is 28.6. The first kappa shape index (κ1) is 17.3. The van der Waals surface area contributed by atoms with Gasteiger partial charge in [-0.3, -0.25) is 0 Å². The number of nitrogens with zero attached hydrogens (tertiary/aromatic N) is 2. The quantitative estimate of drug-likeness (QED) is 0.606. The Morgan fingerprint density at radius 1 is 1.17 bits per heavy atom. The maximum absolute atomic E-state index is 12.1. The highest BCUT2D eigenvalue weighted by molar-refractivity contribution is 9.11. The van der Waals surface area contributed by atoms with Gasteiger partial charge in [-0.05, 0) is 27.6 Å². The predicted octanol–water partition coefficient (Wildman–Crippen LogP) is 2.99. The van der Waals surface area contributed by atoms with E-state index in [0.717, 1.165) is 19.6 Å². The van der Waals surface area contributed by atoms with Crippen molar-refractivity contribution in [2.45, 2.75) is 6.54 Å². The minimum atomic E-state index is -3.36. The van der Waals surface area contributed by atoms with Crippen molar-refractivity contribution in [1.29, 1.82) is 0 Å². The molecule has 3 rings (SSSR count). The lowest BCUT2D eigenvalue weighted by molar-refractivity contribution is 0.581. The summed E-state index contributed by atoms with van der Waals surface area (Å²) in [7, 11) is -3.36. The van der Waals surface area contributed by atoms with Crippen molar-refractivity contribution in [3.8, 4) is 0 Å². The lowest BCUT2D eigenvalue weighted by Crippen LogP contribution is -2.29. The molecule has 0 aliphatic rings. The molecule has 0 fully saturated rings. The van der Waals surface area contributed by atoms with Crippen LogP contribution >= 0.6 is 27.3 Å². The van der Waals surface area contributed by atoms with E-state index in [1.54, 1.807) is 0 Å². The van der Waals surface area contributed by atoms with Gasteiger partial charge in [0.25, 0.3) is 0 Å². The molecule has 0 aliphatic carbocycles. The minimum Gasteiger partial charge on any atom is -0.368 e. The van der Waals surface area contributed by atoms with Gasteiger partial charge in [0.1, 0.15) is 12.1 Å². The standard InChI is InChI=1S/C15H15BrN4O2S2/c16-13-8-12-14(23-13)15(19-10-18-12)17-6-7-24(21,22)20-9-11-4-2-1-3-5-11/h1-5,8,10,20H,6-7,9H2,(H,17,18,19). The molecule has 3 aromatic rings. The third kappa shape index (κ3) is 4.50. The minimum absolute atomic E-state index is 0.0299. The van der Waals surface area contributed by atoms with Gasteiger partial charge in [-0.25, -0.2) is 23.1 Å². The largest absolute Gasteiger partial charge is 0.368 e. The molecule has 0 radical (unpaired) electrons. The molecule has 0 bridgehead atoms. The Morgan fingerprint density at radius 2 is 1.96 bits per heavy atom.